The Bertz CT molecular complexity index is 580. The maximum absolute atomic E-state index is 12.2. The first-order valence-corrected chi connectivity index (χ1v) is 7.24. The smallest absolute Gasteiger partial charge is 0.251 e. The van der Waals surface area contributed by atoms with Crippen LogP contribution in [0.15, 0.2) is 24.5 Å². The van der Waals surface area contributed by atoms with Crippen LogP contribution in [-0.2, 0) is 13.0 Å². The summed E-state index contributed by atoms with van der Waals surface area (Å²) in [5.41, 5.74) is 1.52. The van der Waals surface area contributed by atoms with Gasteiger partial charge in [0.2, 0.25) is 0 Å². The van der Waals surface area contributed by atoms with Crippen molar-refractivity contribution >= 4 is 11.7 Å². The van der Waals surface area contributed by atoms with Crippen LogP contribution in [0.4, 0.5) is 5.82 Å². The Morgan fingerprint density at radius 2 is 2.19 bits per heavy atom. The van der Waals surface area contributed by atoms with Gasteiger partial charge in [-0.1, -0.05) is 13.8 Å². The number of carbonyl (C=O) groups is 1. The summed E-state index contributed by atoms with van der Waals surface area (Å²) in [5, 5.41) is 6.07. The lowest BCUT2D eigenvalue weighted by atomic mass is 10.2. The zero-order valence-electron chi connectivity index (χ0n) is 12.4. The molecule has 0 aliphatic carbocycles. The number of carbonyl (C=O) groups excluding carboxylic acids is 1. The van der Waals surface area contributed by atoms with E-state index in [4.69, 9.17) is 0 Å². The van der Waals surface area contributed by atoms with Crippen molar-refractivity contribution in [2.24, 2.45) is 0 Å². The van der Waals surface area contributed by atoms with Crippen LogP contribution >= 0.6 is 0 Å². The summed E-state index contributed by atoms with van der Waals surface area (Å²) in [6.45, 7) is 5.34. The fourth-order valence-electron chi connectivity index (χ4n) is 1.90. The molecule has 0 bridgehead atoms. The summed E-state index contributed by atoms with van der Waals surface area (Å²) < 4.78 is 0. The zero-order valence-corrected chi connectivity index (χ0v) is 12.4. The predicted molar refractivity (Wildman–Crippen MR) is 82.2 cm³/mol. The van der Waals surface area contributed by atoms with Crippen LogP contribution in [0.25, 0.3) is 0 Å². The summed E-state index contributed by atoms with van der Waals surface area (Å²) >= 11 is 0. The molecule has 6 nitrogen and oxygen atoms in total. The van der Waals surface area contributed by atoms with Gasteiger partial charge in [0.05, 0.1) is 6.54 Å². The minimum atomic E-state index is -0.122. The van der Waals surface area contributed by atoms with Crippen molar-refractivity contribution in [3.05, 3.63) is 41.6 Å². The van der Waals surface area contributed by atoms with Crippen LogP contribution < -0.4 is 10.6 Å². The summed E-state index contributed by atoms with van der Waals surface area (Å²) in [5.74, 6) is 1.36. The second kappa shape index (κ2) is 7.42. The molecular formula is C15H21N5O. The molecule has 0 aromatic carbocycles. The molecule has 2 heterocycles. The van der Waals surface area contributed by atoms with Gasteiger partial charge in [0.15, 0.2) is 0 Å². The SMILES string of the molecule is CCCNc1cc(C(=O)NCc2ncc[nH]2)cc(CC)n1. The van der Waals surface area contributed by atoms with Crippen molar-refractivity contribution in [1.82, 2.24) is 20.3 Å². The molecule has 0 spiro atoms. The van der Waals surface area contributed by atoms with Gasteiger partial charge in [0, 0.05) is 30.2 Å². The lowest BCUT2D eigenvalue weighted by Gasteiger charge is -2.09. The van der Waals surface area contributed by atoms with Gasteiger partial charge < -0.3 is 15.6 Å². The molecule has 0 aliphatic heterocycles. The monoisotopic (exact) mass is 287 g/mol. The molecule has 6 heteroatoms. The Labute approximate surface area is 124 Å². The number of aromatic amines is 1. The highest BCUT2D eigenvalue weighted by Gasteiger charge is 2.09. The van der Waals surface area contributed by atoms with Crippen molar-refractivity contribution in [3.8, 4) is 0 Å². The molecule has 112 valence electrons. The van der Waals surface area contributed by atoms with Crippen molar-refractivity contribution in [2.75, 3.05) is 11.9 Å². The third kappa shape index (κ3) is 4.30. The minimum Gasteiger partial charge on any atom is -0.370 e. The average molecular weight is 287 g/mol. The summed E-state index contributed by atoms with van der Waals surface area (Å²) in [6, 6.07) is 3.61. The summed E-state index contributed by atoms with van der Waals surface area (Å²) in [7, 11) is 0. The number of nitrogens with zero attached hydrogens (tertiary/aromatic N) is 2. The van der Waals surface area contributed by atoms with E-state index in [9.17, 15) is 4.79 Å². The van der Waals surface area contributed by atoms with Gasteiger partial charge in [0.1, 0.15) is 11.6 Å². The molecule has 2 aromatic heterocycles. The van der Waals surface area contributed by atoms with Crippen molar-refractivity contribution in [2.45, 2.75) is 33.2 Å². The molecular weight excluding hydrogens is 266 g/mol. The van der Waals surface area contributed by atoms with Crippen LogP contribution in [0, 0.1) is 0 Å². The molecule has 0 saturated heterocycles. The van der Waals surface area contributed by atoms with Gasteiger partial charge in [-0.15, -0.1) is 0 Å². The van der Waals surface area contributed by atoms with Crippen LogP contribution in [0.2, 0.25) is 0 Å². The molecule has 0 atom stereocenters. The number of aromatic nitrogens is 3. The van der Waals surface area contributed by atoms with E-state index < -0.39 is 0 Å². The van der Waals surface area contributed by atoms with Crippen molar-refractivity contribution in [1.29, 1.82) is 0 Å². The Hall–Kier alpha value is -2.37. The van der Waals surface area contributed by atoms with Crippen LogP contribution in [0.5, 0.6) is 0 Å². The highest BCUT2D eigenvalue weighted by atomic mass is 16.1. The number of pyridine rings is 1. The molecule has 3 N–H and O–H groups in total. The van der Waals surface area contributed by atoms with E-state index in [1.54, 1.807) is 18.5 Å². The maximum atomic E-state index is 12.2. The maximum Gasteiger partial charge on any atom is 0.251 e. The first kappa shape index (κ1) is 15.0. The number of H-pyrrole nitrogens is 1. The molecule has 2 aromatic rings. The second-order valence-electron chi connectivity index (χ2n) is 4.73. The van der Waals surface area contributed by atoms with Gasteiger partial charge in [0.25, 0.3) is 5.91 Å². The summed E-state index contributed by atoms with van der Waals surface area (Å²) in [4.78, 5) is 23.7. The molecule has 1 amide bonds. The molecule has 21 heavy (non-hydrogen) atoms. The van der Waals surface area contributed by atoms with E-state index in [2.05, 4.69) is 32.5 Å². The van der Waals surface area contributed by atoms with E-state index >= 15 is 0 Å². The van der Waals surface area contributed by atoms with E-state index in [-0.39, 0.29) is 5.91 Å². The number of amides is 1. The number of nitrogens with one attached hydrogen (secondary N) is 3. The number of hydrogen-bond donors (Lipinski definition) is 3. The first-order chi connectivity index (χ1) is 10.2. The Morgan fingerprint density at radius 1 is 1.33 bits per heavy atom. The van der Waals surface area contributed by atoms with E-state index in [1.807, 2.05) is 13.0 Å². The number of hydrogen-bond acceptors (Lipinski definition) is 4. The highest BCUT2D eigenvalue weighted by Crippen LogP contribution is 2.11. The number of rotatable bonds is 7. The Morgan fingerprint density at radius 3 is 2.86 bits per heavy atom. The standard InChI is InChI=1S/C15H21N5O/c1-3-5-16-13-9-11(8-12(4-2)20-13)15(21)19-10-14-17-6-7-18-14/h6-9H,3-5,10H2,1-2H3,(H,16,20)(H,17,18)(H,19,21). The summed E-state index contributed by atoms with van der Waals surface area (Å²) in [6.07, 6.45) is 5.20. The largest absolute Gasteiger partial charge is 0.370 e. The Kier molecular flexibility index (Phi) is 5.31. The third-order valence-electron chi connectivity index (χ3n) is 3.03. The van der Waals surface area contributed by atoms with Gasteiger partial charge in [-0.05, 0) is 25.0 Å². The second-order valence-corrected chi connectivity index (χ2v) is 4.73. The predicted octanol–water partition coefficient (Wildman–Crippen LogP) is 2.12. The molecule has 2 rings (SSSR count). The third-order valence-corrected chi connectivity index (χ3v) is 3.03. The van der Waals surface area contributed by atoms with E-state index in [0.29, 0.717) is 12.1 Å². The van der Waals surface area contributed by atoms with E-state index in [0.717, 1.165) is 36.7 Å². The molecule has 0 radical (unpaired) electrons. The lowest BCUT2D eigenvalue weighted by molar-refractivity contribution is 0.0950. The molecule has 0 unspecified atom stereocenters. The van der Waals surface area contributed by atoms with Gasteiger partial charge in [-0.2, -0.15) is 0 Å². The van der Waals surface area contributed by atoms with Crippen LogP contribution in [-0.4, -0.2) is 27.4 Å². The van der Waals surface area contributed by atoms with Gasteiger partial charge in [-0.3, -0.25) is 4.79 Å². The molecule has 0 fully saturated rings. The van der Waals surface area contributed by atoms with Crippen molar-refractivity contribution < 1.29 is 4.79 Å². The topological polar surface area (TPSA) is 82.7 Å². The first-order valence-electron chi connectivity index (χ1n) is 7.24. The van der Waals surface area contributed by atoms with Gasteiger partial charge >= 0.3 is 0 Å². The zero-order chi connectivity index (χ0) is 15.1. The van der Waals surface area contributed by atoms with E-state index in [1.165, 1.54) is 0 Å². The number of anilines is 1. The quantitative estimate of drug-likeness (QED) is 0.728. The Balaban J connectivity index is 2.07. The van der Waals surface area contributed by atoms with Crippen LogP contribution in [0.1, 0.15) is 42.1 Å². The number of aryl methyl sites for hydroxylation is 1. The normalized spacial score (nSPS) is 10.4. The minimum absolute atomic E-state index is 0.122. The van der Waals surface area contributed by atoms with Crippen molar-refractivity contribution in [3.63, 3.8) is 0 Å². The fraction of sp³-hybridized carbons (Fsp3) is 0.400. The fourth-order valence-corrected chi connectivity index (χ4v) is 1.90. The highest BCUT2D eigenvalue weighted by molar-refractivity contribution is 5.94. The van der Waals surface area contributed by atoms with Crippen LogP contribution in [0.3, 0.4) is 0 Å². The average Bonchev–Trinajstić information content (AvgIpc) is 3.03. The van der Waals surface area contributed by atoms with Gasteiger partial charge in [-0.25, -0.2) is 9.97 Å². The number of imidazole rings is 1. The lowest BCUT2D eigenvalue weighted by Crippen LogP contribution is -2.24. The molecule has 0 aliphatic rings. The molecule has 0 saturated carbocycles.